The van der Waals surface area contributed by atoms with E-state index < -0.39 is 0 Å². The molecule has 26 rings (SSSR count). The molecule has 0 aliphatic rings. The number of anilines is 9. The fourth-order valence-electron chi connectivity index (χ4n) is 18.9. The van der Waals surface area contributed by atoms with Gasteiger partial charge in [-0.1, -0.05) is 322 Å². The highest BCUT2D eigenvalue weighted by Gasteiger charge is 2.24. The highest BCUT2D eigenvalue weighted by molar-refractivity contribution is 7.27. The summed E-state index contributed by atoms with van der Waals surface area (Å²) in [6.45, 7) is 0. The van der Waals surface area contributed by atoms with Gasteiger partial charge in [0.25, 0.3) is 0 Å². The van der Waals surface area contributed by atoms with Crippen LogP contribution in [0.4, 0.5) is 51.4 Å². The van der Waals surface area contributed by atoms with E-state index in [-0.39, 0.29) is 0 Å². The van der Waals surface area contributed by atoms with Crippen molar-refractivity contribution in [1.82, 2.24) is 9.97 Å². The second-order valence-corrected chi connectivity index (χ2v) is 36.2. The summed E-state index contributed by atoms with van der Waals surface area (Å²) >= 11 is 5.64. The fourth-order valence-corrected chi connectivity index (χ4v) is 22.5. The molecule has 0 saturated carbocycles. The molecule has 0 saturated heterocycles. The average Bonchev–Trinajstić information content (AvgIpc) is 1.58. The number of fused-ring (bicyclic) bond motifs is 20. The number of nitrogens with zero attached hydrogens (tertiary/aromatic N) is 5. The van der Waals surface area contributed by atoms with Gasteiger partial charge in [0.1, 0.15) is 11.1 Å². The summed E-state index contributed by atoms with van der Waals surface area (Å²) in [7, 11) is 0. The summed E-state index contributed by atoms with van der Waals surface area (Å²) in [4.78, 5) is 16.7. The molecule has 131 heavy (non-hydrogen) atoms. The Labute approximate surface area is 769 Å². The lowest BCUT2D eigenvalue weighted by Gasteiger charge is -2.26. The standard InChI is InChI=1S/C44H29NS.C40H27NS.C38H23N3OS/c1-3-12-30(13-4-1)32-14-11-17-36(28-32)45(34-15-5-2-6-16-34)35-25-22-31(23-26-35)33-24-27-42-41(29-33)43-39-20-9-7-18-37(39)38-19-8-10-21-40(38)44(43)46-42;1-3-15-33(16-4-1)41(34-17-5-2-6-18-34)35-19-10-14-31(26-35)29-12-9-13-30(25-29)32-22-24-39-38(27-32)37-23-21-28-11-7-8-20-36(28)40(37)42-39;1-2-10-28-25(8-1)9-7-13-32(28)41(38-39-23-34-37(40-38)30-12-3-5-14-33(30)42-34)27-19-16-24(17-20-27)26-18-21-36-31(22-26)29-11-4-6-15-35(29)43-36/h1-29H;1-27H;1-23H. The second kappa shape index (κ2) is 33.7. The van der Waals surface area contributed by atoms with Crippen molar-refractivity contribution in [3.05, 3.63) is 479 Å². The number of hydrogen-bond acceptors (Lipinski definition) is 9. The molecule has 0 spiro atoms. The summed E-state index contributed by atoms with van der Waals surface area (Å²) in [6.07, 6.45) is 1.78. The first-order valence-electron chi connectivity index (χ1n) is 44.2. The van der Waals surface area contributed by atoms with E-state index >= 15 is 0 Å². The Hall–Kier alpha value is -16.4. The highest BCUT2D eigenvalue weighted by Crippen LogP contribution is 2.49. The summed E-state index contributed by atoms with van der Waals surface area (Å²) in [5.41, 5.74) is 23.2. The molecule has 9 heteroatoms. The molecule has 0 aliphatic heterocycles. The van der Waals surface area contributed by atoms with Crippen LogP contribution in [0, 0.1) is 0 Å². The second-order valence-electron chi connectivity index (χ2n) is 33.0. The van der Waals surface area contributed by atoms with Crippen molar-refractivity contribution < 1.29 is 4.42 Å². The Bertz CT molecular complexity index is 8770. The van der Waals surface area contributed by atoms with Crippen LogP contribution in [0.2, 0.25) is 0 Å². The minimum atomic E-state index is 0.592. The molecule has 0 atom stereocenters. The van der Waals surface area contributed by atoms with Crippen LogP contribution in [0.15, 0.2) is 484 Å². The average molecular weight is 1730 g/mol. The molecule has 0 radical (unpaired) electrons. The van der Waals surface area contributed by atoms with Gasteiger partial charge in [-0.15, -0.1) is 34.0 Å². The van der Waals surface area contributed by atoms with Gasteiger partial charge in [-0.25, -0.2) is 9.97 Å². The molecule has 0 amide bonds. The summed E-state index contributed by atoms with van der Waals surface area (Å²) < 4.78 is 14.1. The predicted molar refractivity (Wildman–Crippen MR) is 562 cm³/mol. The first-order chi connectivity index (χ1) is 64.9. The monoisotopic (exact) mass is 1730 g/mol. The number of benzene rings is 21. The lowest BCUT2D eigenvalue weighted by atomic mass is 9.96. The van der Waals surface area contributed by atoms with Crippen LogP contribution >= 0.6 is 34.0 Å². The van der Waals surface area contributed by atoms with Crippen molar-refractivity contribution in [2.75, 3.05) is 14.7 Å². The van der Waals surface area contributed by atoms with E-state index in [0.717, 1.165) is 78.3 Å². The Balaban J connectivity index is 0.000000109. The largest absolute Gasteiger partial charge is 0.453 e. The van der Waals surface area contributed by atoms with Crippen LogP contribution in [-0.4, -0.2) is 9.97 Å². The van der Waals surface area contributed by atoms with Gasteiger partial charge in [0, 0.05) is 116 Å². The molecule has 0 N–H and O–H groups in total. The summed E-state index contributed by atoms with van der Waals surface area (Å²) in [6, 6.07) is 170. The number of furan rings is 1. The fraction of sp³-hybridized carbons (Fsp3) is 0. The van der Waals surface area contributed by atoms with Crippen molar-refractivity contribution >= 4 is 211 Å². The van der Waals surface area contributed by atoms with Gasteiger partial charge < -0.3 is 14.2 Å². The zero-order chi connectivity index (χ0) is 86.7. The molecule has 6 nitrogen and oxygen atoms in total. The van der Waals surface area contributed by atoms with Crippen LogP contribution in [0.25, 0.3) is 181 Å². The Morgan fingerprint density at radius 2 is 0.573 bits per heavy atom. The van der Waals surface area contributed by atoms with Gasteiger partial charge in [-0.3, -0.25) is 4.90 Å². The Morgan fingerprint density at radius 1 is 0.198 bits per heavy atom. The van der Waals surface area contributed by atoms with Crippen LogP contribution in [0.5, 0.6) is 0 Å². The van der Waals surface area contributed by atoms with Gasteiger partial charge >= 0.3 is 0 Å². The van der Waals surface area contributed by atoms with E-state index in [1.165, 1.54) is 143 Å². The van der Waals surface area contributed by atoms with E-state index in [9.17, 15) is 0 Å². The third-order valence-electron chi connectivity index (χ3n) is 25.2. The van der Waals surface area contributed by atoms with Crippen molar-refractivity contribution in [1.29, 1.82) is 0 Å². The first kappa shape index (κ1) is 78.1. The number of aromatic nitrogens is 2. The molecule has 21 aromatic carbocycles. The van der Waals surface area contributed by atoms with Crippen molar-refractivity contribution in [2.45, 2.75) is 0 Å². The summed E-state index contributed by atoms with van der Waals surface area (Å²) in [5.74, 6) is 0.592. The van der Waals surface area contributed by atoms with Gasteiger partial charge in [-0.2, -0.15) is 0 Å². The van der Waals surface area contributed by atoms with Crippen LogP contribution in [0.3, 0.4) is 0 Å². The minimum Gasteiger partial charge on any atom is -0.453 e. The third-order valence-corrected chi connectivity index (χ3v) is 28.8. The third kappa shape index (κ3) is 14.7. The van der Waals surface area contributed by atoms with E-state index in [1.807, 2.05) is 58.3 Å². The summed E-state index contributed by atoms with van der Waals surface area (Å²) in [5, 5.41) is 19.2. The maximum Gasteiger partial charge on any atom is 0.235 e. The van der Waals surface area contributed by atoms with Crippen LogP contribution in [-0.2, 0) is 0 Å². The predicted octanol–water partition coefficient (Wildman–Crippen LogP) is 36.2. The molecular formula is C122H79N5OS3. The molecular weight excluding hydrogens is 1650 g/mol. The van der Waals surface area contributed by atoms with E-state index in [1.54, 1.807) is 6.20 Å². The van der Waals surface area contributed by atoms with Crippen molar-refractivity contribution in [2.24, 2.45) is 0 Å². The number of hydrogen-bond donors (Lipinski definition) is 0. The van der Waals surface area contributed by atoms with Gasteiger partial charge in [-0.05, 0) is 240 Å². The number of thiophene rings is 3. The van der Waals surface area contributed by atoms with Crippen LogP contribution < -0.4 is 14.7 Å². The Kier molecular flexibility index (Phi) is 20.1. The molecule has 616 valence electrons. The van der Waals surface area contributed by atoms with E-state index in [0.29, 0.717) is 11.5 Å². The molecule has 0 bridgehead atoms. The SMILES string of the molecule is c1ccc(-c2cccc(N(c3ccccc3)c3ccc(-c4ccc5sc6c7ccccc7c7ccccc7c6c5c4)cc3)c2)cc1.c1ccc(N(c2ccccc2)c2cccc(-c3cccc(-c4ccc5sc6c7ccccc7ccc6c5c4)c3)c2)cc1.c1ccc2c(N(c3ccc(-c4ccc5sc6ccccc6c5c4)cc3)c3ncc4oc5ccccc5c4n3)cccc2c1. The quantitative estimate of drug-likeness (QED) is 0.101. The lowest BCUT2D eigenvalue weighted by Crippen LogP contribution is -2.13. The van der Waals surface area contributed by atoms with Crippen molar-refractivity contribution in [3.8, 4) is 55.6 Å². The normalized spacial score (nSPS) is 11.5. The number of rotatable bonds is 14. The van der Waals surface area contributed by atoms with Gasteiger partial charge in [0.05, 0.1) is 11.9 Å². The van der Waals surface area contributed by atoms with Gasteiger partial charge in [0.15, 0.2) is 5.58 Å². The molecule has 26 aromatic rings. The molecule has 5 aromatic heterocycles. The minimum absolute atomic E-state index is 0.592. The molecule has 0 unspecified atom stereocenters. The zero-order valence-corrected chi connectivity index (χ0v) is 73.4. The highest BCUT2D eigenvalue weighted by atomic mass is 32.1. The van der Waals surface area contributed by atoms with E-state index in [2.05, 4.69) is 464 Å². The Morgan fingerprint density at radius 3 is 1.20 bits per heavy atom. The van der Waals surface area contributed by atoms with E-state index in [4.69, 9.17) is 14.4 Å². The van der Waals surface area contributed by atoms with Gasteiger partial charge in [0.2, 0.25) is 5.95 Å². The van der Waals surface area contributed by atoms with Crippen molar-refractivity contribution in [3.63, 3.8) is 0 Å². The first-order valence-corrected chi connectivity index (χ1v) is 46.6. The molecule has 0 fully saturated rings. The molecule has 5 heterocycles. The maximum atomic E-state index is 6.04. The lowest BCUT2D eigenvalue weighted by molar-refractivity contribution is 0.665. The topological polar surface area (TPSA) is 48.6 Å². The smallest absolute Gasteiger partial charge is 0.235 e. The molecule has 0 aliphatic carbocycles. The number of para-hydroxylation sites is 4. The maximum absolute atomic E-state index is 6.04. The zero-order valence-electron chi connectivity index (χ0n) is 71.0. The van der Waals surface area contributed by atoms with Crippen LogP contribution in [0.1, 0.15) is 0 Å².